The first-order valence-electron chi connectivity index (χ1n) is 7.24. The summed E-state index contributed by atoms with van der Waals surface area (Å²) in [6.45, 7) is 4.00. The van der Waals surface area contributed by atoms with Crippen LogP contribution >= 0.6 is 11.6 Å². The van der Waals surface area contributed by atoms with Crippen LogP contribution < -0.4 is 4.74 Å². The summed E-state index contributed by atoms with van der Waals surface area (Å²) >= 11 is 6.21. The highest BCUT2D eigenvalue weighted by Gasteiger charge is 2.22. The van der Waals surface area contributed by atoms with Crippen LogP contribution in [0.4, 0.5) is 0 Å². The fourth-order valence-corrected chi connectivity index (χ4v) is 2.94. The Morgan fingerprint density at radius 2 is 2.00 bits per heavy atom. The monoisotopic (exact) mass is 282 g/mol. The van der Waals surface area contributed by atoms with Crippen molar-refractivity contribution in [2.24, 2.45) is 5.92 Å². The molecular weight excluding hydrogens is 260 g/mol. The molecule has 2 rings (SSSR count). The third-order valence-corrected chi connectivity index (χ3v) is 4.40. The van der Waals surface area contributed by atoms with Crippen LogP contribution in [0.1, 0.15) is 57.6 Å². The Hall–Kier alpha value is -0.730. The van der Waals surface area contributed by atoms with E-state index in [-0.39, 0.29) is 6.10 Å². The number of hydrogen-bond acceptors (Lipinski definition) is 2. The van der Waals surface area contributed by atoms with E-state index in [0.717, 1.165) is 30.1 Å². The van der Waals surface area contributed by atoms with E-state index in [1.165, 1.54) is 19.3 Å². The number of rotatable bonds is 4. The van der Waals surface area contributed by atoms with E-state index in [4.69, 9.17) is 16.3 Å². The van der Waals surface area contributed by atoms with Crippen molar-refractivity contribution in [3.8, 4) is 5.75 Å². The van der Waals surface area contributed by atoms with Crippen molar-refractivity contribution in [2.75, 3.05) is 0 Å². The molecule has 0 amide bonds. The van der Waals surface area contributed by atoms with Crippen LogP contribution in [0, 0.1) is 5.92 Å². The number of benzene rings is 1. The lowest BCUT2D eigenvalue weighted by Crippen LogP contribution is -2.24. The van der Waals surface area contributed by atoms with E-state index in [9.17, 15) is 5.11 Å². The second-order valence-corrected chi connectivity index (χ2v) is 5.94. The first-order valence-corrected chi connectivity index (χ1v) is 7.62. The van der Waals surface area contributed by atoms with Crippen LogP contribution in [0.2, 0.25) is 5.02 Å². The second-order valence-electron chi connectivity index (χ2n) is 5.53. The van der Waals surface area contributed by atoms with E-state index >= 15 is 0 Å². The quantitative estimate of drug-likeness (QED) is 0.864. The molecule has 1 N–H and O–H groups in total. The zero-order valence-electron chi connectivity index (χ0n) is 11.7. The van der Waals surface area contributed by atoms with Gasteiger partial charge in [-0.15, -0.1) is 0 Å². The predicted octanol–water partition coefficient (Wildman–Crippen LogP) is 4.74. The van der Waals surface area contributed by atoms with E-state index in [1.54, 1.807) is 13.0 Å². The first-order chi connectivity index (χ1) is 9.10. The molecule has 1 atom stereocenters. The first kappa shape index (κ1) is 14.7. The fraction of sp³-hybridized carbons (Fsp3) is 0.625. The molecular formula is C16H23ClO2. The Morgan fingerprint density at radius 3 is 2.53 bits per heavy atom. The van der Waals surface area contributed by atoms with Gasteiger partial charge in [-0.05, 0) is 56.2 Å². The maximum Gasteiger partial charge on any atom is 0.138 e. The zero-order chi connectivity index (χ0) is 13.8. The number of aliphatic hydroxyl groups is 1. The molecule has 1 aliphatic rings. The average molecular weight is 283 g/mol. The van der Waals surface area contributed by atoms with Gasteiger partial charge < -0.3 is 9.84 Å². The summed E-state index contributed by atoms with van der Waals surface area (Å²) in [5, 5.41) is 10.1. The van der Waals surface area contributed by atoms with E-state index < -0.39 is 6.10 Å². The standard InChI is InChI=1S/C16H23ClO2/c1-3-12-4-7-14(8-5-12)19-16-9-6-13(11(2)18)10-15(16)17/h6,9-12,14,18H,3-5,7-8H2,1-2H3. The Bertz CT molecular complexity index is 409. The van der Waals surface area contributed by atoms with Crippen LogP contribution in [0.3, 0.4) is 0 Å². The number of aliphatic hydroxyl groups excluding tert-OH is 1. The van der Waals surface area contributed by atoms with Gasteiger partial charge in [-0.2, -0.15) is 0 Å². The SMILES string of the molecule is CCC1CCC(Oc2ccc(C(C)O)cc2Cl)CC1. The smallest absolute Gasteiger partial charge is 0.138 e. The molecule has 0 bridgehead atoms. The lowest BCUT2D eigenvalue weighted by atomic mass is 9.86. The molecule has 1 aliphatic carbocycles. The highest BCUT2D eigenvalue weighted by atomic mass is 35.5. The van der Waals surface area contributed by atoms with Crippen molar-refractivity contribution in [3.05, 3.63) is 28.8 Å². The molecule has 2 nitrogen and oxygen atoms in total. The topological polar surface area (TPSA) is 29.5 Å². The van der Waals surface area contributed by atoms with Gasteiger partial charge >= 0.3 is 0 Å². The van der Waals surface area contributed by atoms with Gasteiger partial charge in [0, 0.05) is 0 Å². The normalized spacial score (nSPS) is 25.1. The molecule has 1 aromatic carbocycles. The summed E-state index contributed by atoms with van der Waals surface area (Å²) in [6.07, 6.45) is 5.82. The van der Waals surface area contributed by atoms with Gasteiger partial charge in [-0.1, -0.05) is 31.0 Å². The number of halogens is 1. The molecule has 1 fully saturated rings. The van der Waals surface area contributed by atoms with Crippen molar-refractivity contribution in [1.82, 2.24) is 0 Å². The largest absolute Gasteiger partial charge is 0.489 e. The Balaban J connectivity index is 1.96. The summed E-state index contributed by atoms with van der Waals surface area (Å²) in [7, 11) is 0. The van der Waals surface area contributed by atoms with Crippen molar-refractivity contribution in [1.29, 1.82) is 0 Å². The molecule has 1 unspecified atom stereocenters. The minimum absolute atomic E-state index is 0.290. The highest BCUT2D eigenvalue weighted by Crippen LogP contribution is 2.33. The van der Waals surface area contributed by atoms with Gasteiger partial charge in [0.15, 0.2) is 0 Å². The van der Waals surface area contributed by atoms with Gasteiger partial charge in [0.1, 0.15) is 5.75 Å². The van der Waals surface area contributed by atoms with Crippen LogP contribution in [0.25, 0.3) is 0 Å². The molecule has 19 heavy (non-hydrogen) atoms. The maximum absolute atomic E-state index is 9.52. The minimum atomic E-state index is -0.494. The van der Waals surface area contributed by atoms with Crippen LogP contribution in [-0.2, 0) is 0 Å². The number of hydrogen-bond donors (Lipinski definition) is 1. The molecule has 3 heteroatoms. The molecule has 0 aliphatic heterocycles. The summed E-state index contributed by atoms with van der Waals surface area (Å²) in [5.74, 6) is 1.61. The average Bonchev–Trinajstić information content (AvgIpc) is 2.41. The second kappa shape index (κ2) is 6.62. The number of ether oxygens (including phenoxy) is 1. The van der Waals surface area contributed by atoms with Crippen molar-refractivity contribution < 1.29 is 9.84 Å². The predicted molar refractivity (Wildman–Crippen MR) is 78.8 cm³/mol. The summed E-state index contributed by atoms with van der Waals surface area (Å²) in [4.78, 5) is 0. The van der Waals surface area contributed by atoms with Gasteiger partial charge in [-0.3, -0.25) is 0 Å². The zero-order valence-corrected chi connectivity index (χ0v) is 12.5. The third kappa shape index (κ3) is 3.87. The van der Waals surface area contributed by atoms with E-state index in [2.05, 4.69) is 6.92 Å². The molecule has 0 radical (unpaired) electrons. The van der Waals surface area contributed by atoms with Gasteiger partial charge in [0.05, 0.1) is 17.2 Å². The lowest BCUT2D eigenvalue weighted by molar-refractivity contribution is 0.130. The maximum atomic E-state index is 9.52. The Labute approximate surface area is 120 Å². The Kier molecular flexibility index (Phi) is 5.12. The van der Waals surface area contributed by atoms with Crippen molar-refractivity contribution in [2.45, 2.75) is 58.2 Å². The highest BCUT2D eigenvalue weighted by molar-refractivity contribution is 6.32. The third-order valence-electron chi connectivity index (χ3n) is 4.10. The molecule has 0 aromatic heterocycles. The fourth-order valence-electron chi connectivity index (χ4n) is 2.71. The minimum Gasteiger partial charge on any atom is -0.489 e. The van der Waals surface area contributed by atoms with Gasteiger partial charge in [-0.25, -0.2) is 0 Å². The van der Waals surface area contributed by atoms with Crippen LogP contribution in [0.5, 0.6) is 5.75 Å². The van der Waals surface area contributed by atoms with Crippen molar-refractivity contribution in [3.63, 3.8) is 0 Å². The molecule has 1 saturated carbocycles. The Morgan fingerprint density at radius 1 is 1.32 bits per heavy atom. The molecule has 0 saturated heterocycles. The summed E-state index contributed by atoms with van der Waals surface area (Å²) in [5.41, 5.74) is 0.826. The van der Waals surface area contributed by atoms with E-state index in [0.29, 0.717) is 5.02 Å². The van der Waals surface area contributed by atoms with Gasteiger partial charge in [0.2, 0.25) is 0 Å². The summed E-state index contributed by atoms with van der Waals surface area (Å²) in [6, 6.07) is 5.54. The van der Waals surface area contributed by atoms with Crippen LogP contribution in [0.15, 0.2) is 18.2 Å². The molecule has 0 spiro atoms. The van der Waals surface area contributed by atoms with Crippen molar-refractivity contribution >= 4 is 11.6 Å². The summed E-state index contributed by atoms with van der Waals surface area (Å²) < 4.78 is 6.00. The van der Waals surface area contributed by atoms with Gasteiger partial charge in [0.25, 0.3) is 0 Å². The lowest BCUT2D eigenvalue weighted by Gasteiger charge is -2.28. The molecule has 0 heterocycles. The van der Waals surface area contributed by atoms with E-state index in [1.807, 2.05) is 12.1 Å². The van der Waals surface area contributed by atoms with Crippen LogP contribution in [-0.4, -0.2) is 11.2 Å². The molecule has 106 valence electrons. The molecule has 1 aromatic rings.